The summed E-state index contributed by atoms with van der Waals surface area (Å²) >= 11 is 11.8. The first kappa shape index (κ1) is 26.5. The van der Waals surface area contributed by atoms with E-state index >= 15 is 0 Å². The number of carbonyl (C=O) groups excluding carboxylic acids is 3. The molecule has 0 saturated heterocycles. The summed E-state index contributed by atoms with van der Waals surface area (Å²) in [6, 6.07) is 15.6. The SMILES string of the molecule is COc1ccc(C(=O)NCC(=O)N/N=C/c2ccc(OC(=O)c3ccc(Cl)c(Cl)c3)c(OC)c2)cc1. The molecule has 0 saturated carbocycles. The fraction of sp³-hybridized carbons (Fsp3) is 0.120. The monoisotopic (exact) mass is 529 g/mol. The van der Waals surface area contributed by atoms with Crippen LogP contribution in [0.15, 0.2) is 65.8 Å². The summed E-state index contributed by atoms with van der Waals surface area (Å²) in [7, 11) is 2.94. The van der Waals surface area contributed by atoms with Gasteiger partial charge in [0.15, 0.2) is 11.5 Å². The molecule has 9 nitrogen and oxygen atoms in total. The van der Waals surface area contributed by atoms with Crippen LogP contribution in [0.5, 0.6) is 17.2 Å². The van der Waals surface area contributed by atoms with Gasteiger partial charge in [-0.15, -0.1) is 0 Å². The molecule has 186 valence electrons. The average molecular weight is 530 g/mol. The van der Waals surface area contributed by atoms with Gasteiger partial charge < -0.3 is 19.5 Å². The van der Waals surface area contributed by atoms with E-state index in [1.807, 2.05) is 0 Å². The number of hydrogen-bond donors (Lipinski definition) is 2. The quantitative estimate of drug-likeness (QED) is 0.186. The molecule has 3 aromatic rings. The zero-order valence-electron chi connectivity index (χ0n) is 19.2. The molecule has 2 amide bonds. The molecule has 0 aromatic heterocycles. The number of benzene rings is 3. The second-order valence-electron chi connectivity index (χ2n) is 7.13. The highest BCUT2D eigenvalue weighted by molar-refractivity contribution is 6.42. The second-order valence-corrected chi connectivity index (χ2v) is 7.95. The van der Waals surface area contributed by atoms with E-state index in [1.54, 1.807) is 36.4 Å². The first-order valence-electron chi connectivity index (χ1n) is 10.4. The van der Waals surface area contributed by atoms with E-state index in [2.05, 4.69) is 15.8 Å². The predicted octanol–water partition coefficient (Wildman–Crippen LogP) is 4.11. The van der Waals surface area contributed by atoms with E-state index in [1.165, 1.54) is 44.7 Å². The van der Waals surface area contributed by atoms with E-state index in [0.29, 0.717) is 21.9 Å². The fourth-order valence-electron chi connectivity index (χ4n) is 2.85. The van der Waals surface area contributed by atoms with Crippen LogP contribution < -0.4 is 25.0 Å². The summed E-state index contributed by atoms with van der Waals surface area (Å²) in [5.74, 6) is -0.508. The molecule has 11 heteroatoms. The maximum atomic E-state index is 12.4. The molecule has 0 unspecified atom stereocenters. The Labute approximate surface area is 216 Å². The van der Waals surface area contributed by atoms with Crippen LogP contribution in [0.25, 0.3) is 0 Å². The van der Waals surface area contributed by atoms with Gasteiger partial charge in [0.25, 0.3) is 11.8 Å². The number of hydrazone groups is 1. The maximum absolute atomic E-state index is 12.4. The van der Waals surface area contributed by atoms with E-state index < -0.39 is 17.8 Å². The zero-order chi connectivity index (χ0) is 26.1. The summed E-state index contributed by atoms with van der Waals surface area (Å²) in [6.07, 6.45) is 1.37. The highest BCUT2D eigenvalue weighted by atomic mass is 35.5. The molecule has 2 N–H and O–H groups in total. The van der Waals surface area contributed by atoms with Crippen LogP contribution in [-0.2, 0) is 4.79 Å². The molecular weight excluding hydrogens is 509 g/mol. The van der Waals surface area contributed by atoms with Gasteiger partial charge in [-0.1, -0.05) is 23.2 Å². The molecule has 0 aliphatic heterocycles. The summed E-state index contributed by atoms with van der Waals surface area (Å²) in [6.45, 7) is -0.269. The zero-order valence-corrected chi connectivity index (χ0v) is 20.7. The Morgan fingerprint density at radius 1 is 0.861 bits per heavy atom. The van der Waals surface area contributed by atoms with Crippen LogP contribution in [0.3, 0.4) is 0 Å². The van der Waals surface area contributed by atoms with Crippen LogP contribution in [0, 0.1) is 0 Å². The molecule has 0 radical (unpaired) electrons. The lowest BCUT2D eigenvalue weighted by Gasteiger charge is -2.10. The second kappa shape index (κ2) is 12.6. The van der Waals surface area contributed by atoms with Gasteiger partial charge in [-0.2, -0.15) is 5.10 Å². The van der Waals surface area contributed by atoms with Crippen LogP contribution >= 0.6 is 23.2 Å². The topological polar surface area (TPSA) is 115 Å². The Balaban J connectivity index is 1.54. The Morgan fingerprint density at radius 3 is 2.25 bits per heavy atom. The van der Waals surface area contributed by atoms with Crippen LogP contribution in [0.4, 0.5) is 0 Å². The molecule has 0 atom stereocenters. The number of methoxy groups -OCH3 is 2. The van der Waals surface area contributed by atoms with Crippen molar-refractivity contribution in [1.82, 2.24) is 10.7 Å². The summed E-state index contributed by atoms with van der Waals surface area (Å²) in [5, 5.41) is 6.91. The van der Waals surface area contributed by atoms with E-state index in [-0.39, 0.29) is 28.6 Å². The van der Waals surface area contributed by atoms with Gasteiger partial charge in [0.2, 0.25) is 0 Å². The number of nitrogens with one attached hydrogen (secondary N) is 2. The minimum atomic E-state index is -0.641. The van der Waals surface area contributed by atoms with Crippen molar-refractivity contribution in [3.8, 4) is 17.2 Å². The van der Waals surface area contributed by atoms with Crippen molar-refractivity contribution in [3.05, 3.63) is 87.4 Å². The lowest BCUT2D eigenvalue weighted by Crippen LogP contribution is -2.34. The predicted molar refractivity (Wildman–Crippen MR) is 135 cm³/mol. The maximum Gasteiger partial charge on any atom is 0.343 e. The number of carbonyl (C=O) groups is 3. The standard InChI is InChI=1S/C25H21Cl2N3O6/c1-34-18-7-4-16(5-8-18)24(32)28-14-23(31)30-29-13-15-3-10-21(22(11-15)35-2)36-25(33)17-6-9-19(26)20(27)12-17/h3-13H,14H2,1-2H3,(H,28,32)(H,30,31)/b29-13+. The number of ether oxygens (including phenoxy) is 3. The largest absolute Gasteiger partial charge is 0.497 e. The summed E-state index contributed by atoms with van der Waals surface area (Å²) < 4.78 is 15.7. The molecule has 3 rings (SSSR count). The Hall–Kier alpha value is -4.08. The first-order chi connectivity index (χ1) is 17.3. The molecule has 0 aliphatic carbocycles. The number of halogens is 2. The van der Waals surface area contributed by atoms with Crippen LogP contribution in [0.1, 0.15) is 26.3 Å². The summed E-state index contributed by atoms with van der Waals surface area (Å²) in [5.41, 5.74) is 3.49. The Kier molecular flexibility index (Phi) is 9.26. The van der Waals surface area contributed by atoms with Crippen LogP contribution in [-0.4, -0.2) is 44.8 Å². The van der Waals surface area contributed by atoms with Crippen molar-refractivity contribution in [2.75, 3.05) is 20.8 Å². The van der Waals surface area contributed by atoms with E-state index in [0.717, 1.165) is 0 Å². The lowest BCUT2D eigenvalue weighted by molar-refractivity contribution is -0.120. The third-order valence-corrected chi connectivity index (χ3v) is 5.45. The third-order valence-electron chi connectivity index (χ3n) is 4.71. The van der Waals surface area contributed by atoms with Gasteiger partial charge in [0.1, 0.15) is 5.75 Å². The van der Waals surface area contributed by atoms with Crippen molar-refractivity contribution >= 4 is 47.2 Å². The molecule has 0 fully saturated rings. The van der Waals surface area contributed by atoms with Gasteiger partial charge in [-0.3, -0.25) is 9.59 Å². The van der Waals surface area contributed by atoms with Gasteiger partial charge in [0, 0.05) is 5.56 Å². The van der Waals surface area contributed by atoms with Gasteiger partial charge in [-0.05, 0) is 66.2 Å². The molecular formula is C25H21Cl2N3O6. The molecule has 0 aliphatic rings. The summed E-state index contributed by atoms with van der Waals surface area (Å²) in [4.78, 5) is 36.5. The normalized spacial score (nSPS) is 10.6. The molecule has 36 heavy (non-hydrogen) atoms. The number of amides is 2. The van der Waals surface area contributed by atoms with Gasteiger partial charge in [0.05, 0.1) is 42.6 Å². The highest BCUT2D eigenvalue weighted by Gasteiger charge is 2.14. The highest BCUT2D eigenvalue weighted by Crippen LogP contribution is 2.29. The fourth-order valence-corrected chi connectivity index (χ4v) is 3.15. The van der Waals surface area contributed by atoms with Gasteiger partial charge in [-0.25, -0.2) is 10.2 Å². The van der Waals surface area contributed by atoms with Crippen molar-refractivity contribution in [2.45, 2.75) is 0 Å². The lowest BCUT2D eigenvalue weighted by atomic mass is 10.2. The minimum absolute atomic E-state index is 0.177. The van der Waals surface area contributed by atoms with Crippen molar-refractivity contribution in [3.63, 3.8) is 0 Å². The average Bonchev–Trinajstić information content (AvgIpc) is 2.89. The minimum Gasteiger partial charge on any atom is -0.497 e. The molecule has 0 heterocycles. The number of rotatable bonds is 9. The Bertz CT molecular complexity index is 1300. The van der Waals surface area contributed by atoms with Crippen LogP contribution in [0.2, 0.25) is 10.0 Å². The van der Waals surface area contributed by atoms with Crippen molar-refractivity contribution < 1.29 is 28.6 Å². The van der Waals surface area contributed by atoms with Crippen molar-refractivity contribution in [1.29, 1.82) is 0 Å². The Morgan fingerprint density at radius 2 is 1.58 bits per heavy atom. The first-order valence-corrected chi connectivity index (χ1v) is 11.2. The number of nitrogens with zero attached hydrogens (tertiary/aromatic N) is 1. The molecule has 3 aromatic carbocycles. The van der Waals surface area contributed by atoms with Gasteiger partial charge >= 0.3 is 5.97 Å². The molecule has 0 spiro atoms. The number of hydrogen-bond acceptors (Lipinski definition) is 7. The van der Waals surface area contributed by atoms with E-state index in [4.69, 9.17) is 37.4 Å². The third kappa shape index (κ3) is 7.21. The van der Waals surface area contributed by atoms with Crippen molar-refractivity contribution in [2.24, 2.45) is 5.10 Å². The smallest absolute Gasteiger partial charge is 0.343 e. The van der Waals surface area contributed by atoms with E-state index in [9.17, 15) is 14.4 Å². The molecule has 0 bridgehead atoms. The number of esters is 1.